The third-order valence-electron chi connectivity index (χ3n) is 4.27. The molecule has 1 aliphatic rings. The van der Waals surface area contributed by atoms with Crippen LogP contribution in [0.4, 0.5) is 5.69 Å². The predicted octanol–water partition coefficient (Wildman–Crippen LogP) is 5.42. The second-order valence-corrected chi connectivity index (χ2v) is 7.25. The molecule has 0 atom stereocenters. The third kappa shape index (κ3) is 4.66. The highest BCUT2D eigenvalue weighted by Gasteiger charge is 2.25. The Hall–Kier alpha value is -2.40. The molecule has 2 aromatic carbocycles. The van der Waals surface area contributed by atoms with Gasteiger partial charge in [0, 0.05) is 23.2 Å². The van der Waals surface area contributed by atoms with E-state index in [1.165, 1.54) is 5.69 Å². The van der Waals surface area contributed by atoms with Gasteiger partial charge in [0.1, 0.15) is 0 Å². The van der Waals surface area contributed by atoms with Gasteiger partial charge < -0.3 is 9.64 Å². The number of cyclic esters (lactones) is 1. The lowest BCUT2D eigenvalue weighted by molar-refractivity contribution is -0.129. The predicted molar refractivity (Wildman–Crippen MR) is 114 cm³/mol. The standard InChI is InChI=1S/C22H23BrN2O2/c1-3-13-25(14-4-2)17-11-9-16(10-12-17)15-20-22(26)27-21(24-20)18-7-5-6-8-19(18)23/h5-12,15H,3-4,13-14H2,1-2H3/b20-15-. The lowest BCUT2D eigenvalue weighted by Crippen LogP contribution is -2.24. The molecule has 0 fully saturated rings. The van der Waals surface area contributed by atoms with Crippen LogP contribution in [-0.4, -0.2) is 25.0 Å². The molecule has 1 aliphatic heterocycles. The van der Waals surface area contributed by atoms with Gasteiger partial charge in [-0.1, -0.05) is 38.1 Å². The highest BCUT2D eigenvalue weighted by atomic mass is 79.9. The Morgan fingerprint density at radius 3 is 2.33 bits per heavy atom. The maximum atomic E-state index is 12.2. The minimum Gasteiger partial charge on any atom is -0.402 e. The van der Waals surface area contributed by atoms with Crippen molar-refractivity contribution in [2.45, 2.75) is 26.7 Å². The SMILES string of the molecule is CCCN(CCC)c1ccc(/C=C2\N=C(c3ccccc3Br)OC2=O)cc1. The number of ether oxygens (including phenoxy) is 1. The summed E-state index contributed by atoms with van der Waals surface area (Å²) in [6.07, 6.45) is 3.99. The van der Waals surface area contributed by atoms with Crippen LogP contribution in [0.5, 0.6) is 0 Å². The Morgan fingerprint density at radius 2 is 1.70 bits per heavy atom. The van der Waals surface area contributed by atoms with Gasteiger partial charge in [0.15, 0.2) is 5.70 Å². The zero-order valence-electron chi connectivity index (χ0n) is 15.6. The van der Waals surface area contributed by atoms with Crippen molar-refractivity contribution in [1.82, 2.24) is 0 Å². The number of carbonyl (C=O) groups excluding carboxylic acids is 1. The van der Waals surface area contributed by atoms with E-state index in [1.54, 1.807) is 6.08 Å². The van der Waals surface area contributed by atoms with E-state index in [2.05, 4.69) is 51.8 Å². The number of nitrogens with zero attached hydrogens (tertiary/aromatic N) is 2. The number of halogens is 1. The topological polar surface area (TPSA) is 41.9 Å². The van der Waals surface area contributed by atoms with E-state index in [4.69, 9.17) is 4.74 Å². The average Bonchev–Trinajstić information content (AvgIpc) is 3.03. The molecule has 27 heavy (non-hydrogen) atoms. The van der Waals surface area contributed by atoms with Gasteiger partial charge in [-0.15, -0.1) is 0 Å². The number of hydrogen-bond donors (Lipinski definition) is 0. The van der Waals surface area contributed by atoms with Crippen LogP contribution >= 0.6 is 15.9 Å². The molecule has 0 aliphatic carbocycles. The highest BCUT2D eigenvalue weighted by Crippen LogP contribution is 2.24. The largest absolute Gasteiger partial charge is 0.402 e. The van der Waals surface area contributed by atoms with Crippen LogP contribution in [0.15, 0.2) is 63.7 Å². The van der Waals surface area contributed by atoms with Gasteiger partial charge in [-0.05, 0) is 64.7 Å². The lowest BCUT2D eigenvalue weighted by atomic mass is 10.1. The molecule has 5 heteroatoms. The summed E-state index contributed by atoms with van der Waals surface area (Å²) >= 11 is 3.46. The van der Waals surface area contributed by atoms with E-state index in [0.717, 1.165) is 41.5 Å². The lowest BCUT2D eigenvalue weighted by Gasteiger charge is -2.23. The van der Waals surface area contributed by atoms with Gasteiger partial charge in [0.05, 0.1) is 5.56 Å². The molecule has 0 aromatic heterocycles. The van der Waals surface area contributed by atoms with Gasteiger partial charge in [-0.3, -0.25) is 0 Å². The van der Waals surface area contributed by atoms with Crippen LogP contribution in [-0.2, 0) is 9.53 Å². The fraction of sp³-hybridized carbons (Fsp3) is 0.273. The Kier molecular flexibility index (Phi) is 6.45. The molecule has 1 heterocycles. The third-order valence-corrected chi connectivity index (χ3v) is 4.96. The van der Waals surface area contributed by atoms with E-state index in [0.29, 0.717) is 11.6 Å². The monoisotopic (exact) mass is 426 g/mol. The number of esters is 1. The second kappa shape index (κ2) is 9.00. The smallest absolute Gasteiger partial charge is 0.363 e. The fourth-order valence-electron chi connectivity index (χ4n) is 3.01. The van der Waals surface area contributed by atoms with Crippen molar-refractivity contribution in [2.75, 3.05) is 18.0 Å². The van der Waals surface area contributed by atoms with Gasteiger partial charge in [0.25, 0.3) is 0 Å². The second-order valence-electron chi connectivity index (χ2n) is 6.39. The van der Waals surface area contributed by atoms with E-state index < -0.39 is 5.97 Å². The minimum atomic E-state index is -0.427. The molecule has 0 radical (unpaired) electrons. The zero-order valence-corrected chi connectivity index (χ0v) is 17.2. The normalized spacial score (nSPS) is 15.0. The molecule has 0 unspecified atom stereocenters. The Morgan fingerprint density at radius 1 is 1.04 bits per heavy atom. The van der Waals surface area contributed by atoms with Crippen LogP contribution < -0.4 is 4.90 Å². The summed E-state index contributed by atoms with van der Waals surface area (Å²) in [7, 11) is 0. The van der Waals surface area contributed by atoms with Crippen LogP contribution in [0, 0.1) is 0 Å². The molecule has 0 spiro atoms. The summed E-state index contributed by atoms with van der Waals surface area (Å²) in [5.41, 5.74) is 3.20. The zero-order chi connectivity index (χ0) is 19.2. The fourth-order valence-corrected chi connectivity index (χ4v) is 3.46. The number of rotatable bonds is 7. The first-order valence-electron chi connectivity index (χ1n) is 9.24. The summed E-state index contributed by atoms with van der Waals surface area (Å²) in [6.45, 7) is 6.46. The molecule has 3 rings (SSSR count). The van der Waals surface area contributed by atoms with Crippen LogP contribution in [0.3, 0.4) is 0 Å². The first-order valence-corrected chi connectivity index (χ1v) is 10.0. The molecule has 2 aromatic rings. The summed E-state index contributed by atoms with van der Waals surface area (Å²) in [4.78, 5) is 18.9. The van der Waals surface area contributed by atoms with E-state index in [-0.39, 0.29) is 0 Å². The van der Waals surface area contributed by atoms with Gasteiger partial charge in [-0.2, -0.15) is 0 Å². The average molecular weight is 427 g/mol. The molecular weight excluding hydrogens is 404 g/mol. The number of carbonyl (C=O) groups is 1. The minimum absolute atomic E-state index is 0.312. The van der Waals surface area contributed by atoms with E-state index in [1.807, 2.05) is 36.4 Å². The summed E-state index contributed by atoms with van der Waals surface area (Å²) in [5.74, 6) is -0.101. The first kappa shape index (κ1) is 19.4. The molecular formula is C22H23BrN2O2. The van der Waals surface area contributed by atoms with Gasteiger partial charge in [0.2, 0.25) is 5.90 Å². The molecule has 140 valence electrons. The van der Waals surface area contributed by atoms with Crippen molar-refractivity contribution in [2.24, 2.45) is 4.99 Å². The molecule has 4 nitrogen and oxygen atoms in total. The van der Waals surface area contributed by atoms with Crippen LogP contribution in [0.25, 0.3) is 6.08 Å². The Balaban J connectivity index is 1.82. The molecule has 0 amide bonds. The Labute approximate surface area is 168 Å². The quantitative estimate of drug-likeness (QED) is 0.438. The summed E-state index contributed by atoms with van der Waals surface area (Å²) in [6, 6.07) is 15.8. The number of benzene rings is 2. The van der Waals surface area contributed by atoms with Gasteiger partial charge in [-0.25, -0.2) is 9.79 Å². The summed E-state index contributed by atoms with van der Waals surface area (Å²) in [5, 5.41) is 0. The summed E-state index contributed by atoms with van der Waals surface area (Å²) < 4.78 is 6.19. The number of anilines is 1. The van der Waals surface area contributed by atoms with Crippen molar-refractivity contribution in [3.8, 4) is 0 Å². The molecule has 0 saturated heterocycles. The van der Waals surface area contributed by atoms with Crippen LogP contribution in [0.2, 0.25) is 0 Å². The van der Waals surface area contributed by atoms with E-state index in [9.17, 15) is 4.79 Å². The molecule has 0 bridgehead atoms. The van der Waals surface area contributed by atoms with Crippen molar-refractivity contribution in [1.29, 1.82) is 0 Å². The van der Waals surface area contributed by atoms with Crippen molar-refractivity contribution in [3.63, 3.8) is 0 Å². The highest BCUT2D eigenvalue weighted by molar-refractivity contribution is 9.10. The maximum absolute atomic E-state index is 12.2. The first-order chi connectivity index (χ1) is 13.1. The van der Waals surface area contributed by atoms with Crippen molar-refractivity contribution in [3.05, 3.63) is 69.8 Å². The maximum Gasteiger partial charge on any atom is 0.363 e. The molecule has 0 saturated carbocycles. The van der Waals surface area contributed by atoms with E-state index >= 15 is 0 Å². The van der Waals surface area contributed by atoms with Crippen molar-refractivity contribution < 1.29 is 9.53 Å². The number of aliphatic imine (C=N–C) groups is 1. The van der Waals surface area contributed by atoms with Crippen LogP contribution in [0.1, 0.15) is 37.8 Å². The Bertz CT molecular complexity index is 866. The van der Waals surface area contributed by atoms with Gasteiger partial charge >= 0.3 is 5.97 Å². The number of hydrogen-bond acceptors (Lipinski definition) is 4. The van der Waals surface area contributed by atoms with Crippen molar-refractivity contribution >= 4 is 39.6 Å². The molecule has 0 N–H and O–H groups in total.